The van der Waals surface area contributed by atoms with Gasteiger partial charge in [-0.3, -0.25) is 0 Å². The van der Waals surface area contributed by atoms with E-state index in [-0.39, 0.29) is 0 Å². The third-order valence-electron chi connectivity index (χ3n) is 8.76. The molecule has 0 unspecified atom stereocenters. The van der Waals surface area contributed by atoms with Crippen molar-refractivity contribution in [2.24, 2.45) is 5.73 Å². The molecule has 4 heteroatoms. The number of fused-ring (bicyclic) bond motifs is 1. The fraction of sp³-hybridized carbons (Fsp3) is 0.0652. The first kappa shape index (κ1) is 34.8. The van der Waals surface area contributed by atoms with Crippen LogP contribution in [0.15, 0.2) is 164 Å². The van der Waals surface area contributed by atoms with Gasteiger partial charge in [-0.15, -0.1) is 0 Å². The molecule has 1 aliphatic heterocycles. The minimum atomic E-state index is 0.792. The molecule has 4 aromatic rings. The van der Waals surface area contributed by atoms with Crippen LogP contribution >= 0.6 is 0 Å². The van der Waals surface area contributed by atoms with Crippen LogP contribution in [0.3, 0.4) is 0 Å². The minimum absolute atomic E-state index is 0.792. The summed E-state index contributed by atoms with van der Waals surface area (Å²) in [7, 11) is 0. The van der Waals surface area contributed by atoms with Gasteiger partial charge in [-0.25, -0.2) is 0 Å². The van der Waals surface area contributed by atoms with Crippen LogP contribution in [0, 0.1) is 12.3 Å². The highest BCUT2D eigenvalue weighted by Gasteiger charge is 2.20. The Morgan fingerprint density at radius 2 is 1.72 bits per heavy atom. The van der Waals surface area contributed by atoms with Crippen LogP contribution in [0.25, 0.3) is 33.6 Å². The number of nitrogens with one attached hydrogen (secondary N) is 2. The van der Waals surface area contributed by atoms with Crippen molar-refractivity contribution in [1.82, 2.24) is 4.67 Å². The second kappa shape index (κ2) is 16.1. The minimum Gasteiger partial charge on any atom is -0.404 e. The summed E-state index contributed by atoms with van der Waals surface area (Å²) >= 11 is 0. The lowest BCUT2D eigenvalue weighted by Crippen LogP contribution is -1.98. The smallest absolute Gasteiger partial charge is 0.335 e. The number of hydrogen-bond donors (Lipinski definition) is 3. The number of benzene rings is 4. The summed E-state index contributed by atoms with van der Waals surface area (Å²) in [5, 5.41) is 13.5. The highest BCUT2D eigenvalue weighted by Crippen LogP contribution is 2.33. The molecule has 0 aliphatic carbocycles. The van der Waals surface area contributed by atoms with Crippen LogP contribution in [-0.2, 0) is 0 Å². The van der Waals surface area contributed by atoms with E-state index in [1.165, 1.54) is 11.6 Å². The zero-order chi connectivity index (χ0) is 35.6. The molecular weight excluding hydrogens is 609 g/mol. The molecule has 0 fully saturated rings. The molecule has 4 N–H and O–H groups in total. The van der Waals surface area contributed by atoms with Crippen molar-refractivity contribution in [1.29, 1.82) is 5.41 Å². The third kappa shape index (κ3) is 7.96. The number of rotatable bonds is 13. The second-order valence-corrected chi connectivity index (χ2v) is 12.0. The van der Waals surface area contributed by atoms with Gasteiger partial charge in [0.25, 0.3) is 0 Å². The molecule has 0 saturated carbocycles. The maximum absolute atomic E-state index is 7.43. The Hall–Kier alpha value is -6.48. The SMILES string of the molecule is C=C/C(=C\C=N)C1=[N+]=CC(c2ccc(C)c(/C=C\C(=C)c3ccc(C(/C=C(C)/C(C=C)=C/C)=C/N)cc3Nc3ccc4ccccc4c3)c2)=C1. The first-order valence-corrected chi connectivity index (χ1v) is 16.5. The Bertz CT molecular complexity index is 2270. The molecule has 0 saturated heterocycles. The lowest BCUT2D eigenvalue weighted by Gasteiger charge is -2.16. The summed E-state index contributed by atoms with van der Waals surface area (Å²) in [6.45, 7) is 18.5. The summed E-state index contributed by atoms with van der Waals surface area (Å²) in [5.74, 6) is 0. The predicted octanol–water partition coefficient (Wildman–Crippen LogP) is 10.7. The maximum atomic E-state index is 7.43. The van der Waals surface area contributed by atoms with Gasteiger partial charge in [-0.2, -0.15) is 0 Å². The largest absolute Gasteiger partial charge is 0.404 e. The first-order valence-electron chi connectivity index (χ1n) is 16.5. The molecule has 0 aromatic heterocycles. The Morgan fingerprint density at radius 1 is 0.920 bits per heavy atom. The number of allylic oxidation sites excluding steroid dienone is 13. The quantitative estimate of drug-likeness (QED) is 0.0764. The van der Waals surface area contributed by atoms with Crippen molar-refractivity contribution in [2.75, 3.05) is 5.32 Å². The third-order valence-corrected chi connectivity index (χ3v) is 8.76. The van der Waals surface area contributed by atoms with Crippen molar-refractivity contribution in [3.05, 3.63) is 192 Å². The van der Waals surface area contributed by atoms with Crippen molar-refractivity contribution >= 4 is 63.1 Å². The summed E-state index contributed by atoms with van der Waals surface area (Å²) in [6, 6.07) is 27.4. The predicted molar refractivity (Wildman–Crippen MR) is 221 cm³/mol. The van der Waals surface area contributed by atoms with E-state index in [0.717, 1.165) is 83.7 Å². The summed E-state index contributed by atoms with van der Waals surface area (Å²) in [5.41, 5.74) is 19.9. The zero-order valence-corrected chi connectivity index (χ0v) is 29.0. The van der Waals surface area contributed by atoms with Crippen molar-refractivity contribution in [3.63, 3.8) is 0 Å². The summed E-state index contributed by atoms with van der Waals surface area (Å²) in [6.07, 6.45) is 20.4. The number of hydrogen-bond acceptors (Lipinski definition) is 3. The van der Waals surface area contributed by atoms with Gasteiger partial charge in [-0.1, -0.05) is 109 Å². The number of anilines is 2. The van der Waals surface area contributed by atoms with Crippen LogP contribution in [0.2, 0.25) is 0 Å². The van der Waals surface area contributed by atoms with Crippen molar-refractivity contribution in [3.8, 4) is 0 Å². The zero-order valence-electron chi connectivity index (χ0n) is 29.0. The van der Waals surface area contributed by atoms with E-state index in [4.69, 9.17) is 11.1 Å². The molecule has 0 spiro atoms. The molecule has 4 nitrogen and oxygen atoms in total. The van der Waals surface area contributed by atoms with E-state index < -0.39 is 0 Å². The Morgan fingerprint density at radius 3 is 2.44 bits per heavy atom. The number of aryl methyl sites for hydroxylation is 1. The molecule has 50 heavy (non-hydrogen) atoms. The Labute approximate surface area is 296 Å². The standard InChI is InChI=1S/C46H43N4/c1-7-34(8-2)33(6)24-41(29-48)40-19-21-44(46(27-40)50-43-20-18-36-12-10-11-13-38(36)26-43)32(5)15-16-37-25-39(17-14-31(37)4)42-28-45(49-30-42)35(9-3)22-23-47/h7-30,47,50H,1,3,5,48H2,2,4,6H3/q+1/b16-15-,33-24+,34-8+,35-22+,41-29+,47-23?. The molecule has 0 amide bonds. The fourth-order valence-corrected chi connectivity index (χ4v) is 5.88. The van der Waals surface area contributed by atoms with Crippen LogP contribution in [-0.4, -0.2) is 18.1 Å². The maximum Gasteiger partial charge on any atom is 0.335 e. The number of nitrogens with two attached hydrogens (primary N) is 1. The molecule has 246 valence electrons. The summed E-state index contributed by atoms with van der Waals surface area (Å²) < 4.78 is 4.56. The lowest BCUT2D eigenvalue weighted by atomic mass is 9.95. The molecule has 4 aromatic carbocycles. The van der Waals surface area contributed by atoms with E-state index in [9.17, 15) is 0 Å². The normalized spacial score (nSPS) is 13.7. The van der Waals surface area contributed by atoms with Crippen LogP contribution < -0.4 is 15.7 Å². The van der Waals surface area contributed by atoms with Gasteiger partial charge in [-0.05, 0) is 113 Å². The molecular formula is C46H43N4+. The average molecular weight is 652 g/mol. The van der Waals surface area contributed by atoms with Crippen LogP contribution in [0.5, 0.6) is 0 Å². The van der Waals surface area contributed by atoms with E-state index in [2.05, 4.69) is 141 Å². The van der Waals surface area contributed by atoms with Gasteiger partial charge in [0.1, 0.15) is 0 Å². The van der Waals surface area contributed by atoms with Crippen molar-refractivity contribution in [2.45, 2.75) is 20.8 Å². The molecule has 5 rings (SSSR count). The van der Waals surface area contributed by atoms with E-state index in [1.54, 1.807) is 18.4 Å². The Balaban J connectivity index is 1.50. The highest BCUT2D eigenvalue weighted by atomic mass is 14.9. The molecule has 0 radical (unpaired) electrons. The number of nitrogens with zero attached hydrogens (tertiary/aromatic N) is 1. The van der Waals surface area contributed by atoms with E-state index in [0.29, 0.717) is 0 Å². The van der Waals surface area contributed by atoms with E-state index >= 15 is 0 Å². The van der Waals surface area contributed by atoms with Crippen molar-refractivity contribution < 1.29 is 0 Å². The average Bonchev–Trinajstić information content (AvgIpc) is 3.63. The molecule has 0 bridgehead atoms. The van der Waals surface area contributed by atoms with Gasteiger partial charge in [0.15, 0.2) is 0 Å². The topological polar surface area (TPSA) is 76.0 Å². The fourth-order valence-electron chi connectivity index (χ4n) is 5.88. The van der Waals surface area contributed by atoms with E-state index in [1.807, 2.05) is 31.4 Å². The Kier molecular flexibility index (Phi) is 11.2. The van der Waals surface area contributed by atoms with Gasteiger partial charge in [0.2, 0.25) is 0 Å². The monoisotopic (exact) mass is 651 g/mol. The molecule has 1 heterocycles. The van der Waals surface area contributed by atoms with Crippen LogP contribution in [0.4, 0.5) is 11.4 Å². The first-order chi connectivity index (χ1) is 24.3. The van der Waals surface area contributed by atoms with Gasteiger partial charge >= 0.3 is 11.9 Å². The van der Waals surface area contributed by atoms with Gasteiger partial charge in [0, 0.05) is 35.4 Å². The molecule has 0 atom stereocenters. The van der Waals surface area contributed by atoms with Crippen LogP contribution in [0.1, 0.15) is 41.7 Å². The highest BCUT2D eigenvalue weighted by molar-refractivity contribution is 6.27. The second-order valence-electron chi connectivity index (χ2n) is 12.0. The summed E-state index contributed by atoms with van der Waals surface area (Å²) in [4.78, 5) is 0. The molecule has 1 aliphatic rings. The van der Waals surface area contributed by atoms with Gasteiger partial charge in [0.05, 0.1) is 11.1 Å². The van der Waals surface area contributed by atoms with Gasteiger partial charge < -0.3 is 16.5 Å². The lowest BCUT2D eigenvalue weighted by molar-refractivity contribution is 1.40.